The van der Waals surface area contributed by atoms with Crippen LogP contribution in [0.1, 0.15) is 61.1 Å². The topological polar surface area (TPSA) is 6.48 Å². The Bertz CT molecular complexity index is 1820. The number of hydrogen-bond donors (Lipinski definition) is 0. The fourth-order valence-electron chi connectivity index (χ4n) is 7.26. The molecule has 3 heterocycles. The minimum absolute atomic E-state index is 0.0710. The summed E-state index contributed by atoms with van der Waals surface area (Å²) in [7, 11) is 0. The van der Waals surface area contributed by atoms with Crippen LogP contribution in [0.2, 0.25) is 0 Å². The second kappa shape index (κ2) is 7.99. The number of nitrogens with zero attached hydrogens (tertiary/aromatic N) is 2. The zero-order chi connectivity index (χ0) is 27.2. The highest BCUT2D eigenvalue weighted by Crippen LogP contribution is 2.60. The molecule has 5 aromatic rings. The highest BCUT2D eigenvalue weighted by molar-refractivity contribution is 5.96. The first-order chi connectivity index (χ1) is 19.4. The van der Waals surface area contributed by atoms with Crippen LogP contribution >= 0.6 is 0 Å². The van der Waals surface area contributed by atoms with Gasteiger partial charge in [-0.1, -0.05) is 113 Å². The number of anilines is 6. The monoisotopic (exact) mass is 516 g/mol. The summed E-state index contributed by atoms with van der Waals surface area (Å²) in [5, 5.41) is 0. The smallest absolute Gasteiger partial charge is 0.0543 e. The average Bonchev–Trinajstić information content (AvgIpc) is 3.14. The van der Waals surface area contributed by atoms with Gasteiger partial charge in [0.05, 0.1) is 28.4 Å². The van der Waals surface area contributed by atoms with Crippen LogP contribution in [0.15, 0.2) is 109 Å². The lowest BCUT2D eigenvalue weighted by atomic mass is 9.66. The molecule has 0 saturated heterocycles. The summed E-state index contributed by atoms with van der Waals surface area (Å²) < 4.78 is 0. The molecule has 0 aliphatic carbocycles. The number of hydrogen-bond acceptors (Lipinski definition) is 2. The third-order valence-electron chi connectivity index (χ3n) is 9.37. The van der Waals surface area contributed by atoms with Gasteiger partial charge in [0.25, 0.3) is 0 Å². The number of fused-ring (bicyclic) bond motifs is 6. The number of rotatable bonds is 1. The molecule has 0 spiro atoms. The van der Waals surface area contributed by atoms with Crippen molar-refractivity contribution >= 4 is 46.3 Å². The van der Waals surface area contributed by atoms with Crippen LogP contribution in [0, 0.1) is 0 Å². The lowest BCUT2D eigenvalue weighted by molar-refractivity contribution is 0.597. The maximum Gasteiger partial charge on any atom is 0.0543 e. The molecule has 0 radical (unpaired) electrons. The van der Waals surface area contributed by atoms with Gasteiger partial charge in [0, 0.05) is 16.5 Å². The highest BCUT2D eigenvalue weighted by Gasteiger charge is 2.45. The lowest BCUT2D eigenvalue weighted by Gasteiger charge is -2.49. The van der Waals surface area contributed by atoms with Crippen LogP contribution < -0.4 is 9.80 Å². The third kappa shape index (κ3) is 2.99. The molecule has 194 valence electrons. The van der Waals surface area contributed by atoms with E-state index in [0.717, 1.165) is 0 Å². The molecular formula is C38H32N2. The first-order valence-electron chi connectivity index (χ1n) is 14.2. The van der Waals surface area contributed by atoms with Gasteiger partial charge in [0.1, 0.15) is 0 Å². The Balaban J connectivity index is 1.40. The summed E-state index contributed by atoms with van der Waals surface area (Å²) in [5.41, 5.74) is 15.2. The molecule has 2 heteroatoms. The Morgan fingerprint density at radius 2 is 0.925 bits per heavy atom. The van der Waals surface area contributed by atoms with Gasteiger partial charge in [-0.05, 0) is 69.8 Å². The quantitative estimate of drug-likeness (QED) is 0.214. The molecule has 0 saturated carbocycles. The fraction of sp³-hybridized carbons (Fsp3) is 0.158. The van der Waals surface area contributed by atoms with Crippen LogP contribution in [0.4, 0.5) is 34.1 Å². The second-order valence-corrected chi connectivity index (χ2v) is 12.3. The zero-order valence-corrected chi connectivity index (χ0v) is 23.4. The van der Waals surface area contributed by atoms with Gasteiger partial charge < -0.3 is 9.80 Å². The van der Waals surface area contributed by atoms with Gasteiger partial charge in [-0.15, -0.1) is 0 Å². The lowest BCUT2D eigenvalue weighted by Crippen LogP contribution is -2.38. The van der Waals surface area contributed by atoms with Gasteiger partial charge >= 0.3 is 0 Å². The molecule has 40 heavy (non-hydrogen) atoms. The Hall–Kier alpha value is -4.56. The van der Waals surface area contributed by atoms with Crippen molar-refractivity contribution in [1.82, 2.24) is 0 Å². The van der Waals surface area contributed by atoms with Crippen LogP contribution in [0.5, 0.6) is 0 Å². The molecule has 0 aromatic heterocycles. The molecule has 0 fully saturated rings. The number of para-hydroxylation sites is 4. The minimum atomic E-state index is -0.168. The van der Waals surface area contributed by atoms with Crippen LogP contribution in [0.3, 0.4) is 0 Å². The van der Waals surface area contributed by atoms with E-state index in [1.54, 1.807) is 0 Å². The molecule has 0 amide bonds. The van der Waals surface area contributed by atoms with Crippen molar-refractivity contribution < 1.29 is 0 Å². The molecule has 0 unspecified atom stereocenters. The number of benzene rings is 5. The van der Waals surface area contributed by atoms with Gasteiger partial charge in [0.15, 0.2) is 0 Å². The van der Waals surface area contributed by atoms with Gasteiger partial charge in [0.2, 0.25) is 0 Å². The molecule has 3 aliphatic rings. The molecule has 5 aromatic carbocycles. The normalized spacial score (nSPS) is 16.7. The fourth-order valence-corrected chi connectivity index (χ4v) is 7.26. The average molecular weight is 517 g/mol. The van der Waals surface area contributed by atoms with E-state index in [4.69, 9.17) is 0 Å². The Kier molecular flexibility index (Phi) is 4.66. The van der Waals surface area contributed by atoms with E-state index in [1.165, 1.54) is 67.5 Å². The summed E-state index contributed by atoms with van der Waals surface area (Å²) in [6, 6.07) is 40.4. The minimum Gasteiger partial charge on any atom is -0.309 e. The molecule has 0 N–H and O–H groups in total. The van der Waals surface area contributed by atoms with Gasteiger partial charge in [-0.25, -0.2) is 0 Å². The molecule has 0 bridgehead atoms. The largest absolute Gasteiger partial charge is 0.309 e. The van der Waals surface area contributed by atoms with Crippen molar-refractivity contribution in [2.75, 3.05) is 9.80 Å². The second-order valence-electron chi connectivity index (χ2n) is 12.3. The van der Waals surface area contributed by atoms with E-state index >= 15 is 0 Å². The van der Waals surface area contributed by atoms with Crippen molar-refractivity contribution in [3.05, 3.63) is 143 Å². The van der Waals surface area contributed by atoms with Crippen molar-refractivity contribution in [2.45, 2.75) is 38.5 Å². The van der Waals surface area contributed by atoms with E-state index in [1.807, 2.05) is 0 Å². The molecule has 0 atom stereocenters. The van der Waals surface area contributed by atoms with Gasteiger partial charge in [-0.3, -0.25) is 0 Å². The summed E-state index contributed by atoms with van der Waals surface area (Å²) in [4.78, 5) is 4.96. The molecule has 2 nitrogen and oxygen atoms in total. The highest BCUT2D eigenvalue weighted by atomic mass is 15.2. The SMILES string of the molecule is CC1(C)c2ccccc2N2c3ccc(N4c5ccccc5C=Cc5ccccc54)cc3C(C)(C)c3cccc1c32. The van der Waals surface area contributed by atoms with Crippen molar-refractivity contribution in [3.63, 3.8) is 0 Å². The van der Waals surface area contributed by atoms with E-state index < -0.39 is 0 Å². The predicted octanol–water partition coefficient (Wildman–Crippen LogP) is 10.4. The van der Waals surface area contributed by atoms with Crippen LogP contribution in [-0.4, -0.2) is 0 Å². The maximum absolute atomic E-state index is 2.53. The molecular weight excluding hydrogens is 484 g/mol. The Morgan fingerprint density at radius 1 is 0.425 bits per heavy atom. The third-order valence-corrected chi connectivity index (χ3v) is 9.37. The Morgan fingerprint density at radius 3 is 1.57 bits per heavy atom. The first kappa shape index (κ1) is 23.3. The summed E-state index contributed by atoms with van der Waals surface area (Å²) in [5.74, 6) is 0. The van der Waals surface area contributed by atoms with E-state index in [9.17, 15) is 0 Å². The molecule has 3 aliphatic heterocycles. The predicted molar refractivity (Wildman–Crippen MR) is 169 cm³/mol. The van der Waals surface area contributed by atoms with Crippen molar-refractivity contribution in [2.24, 2.45) is 0 Å². The Labute approximate surface area is 236 Å². The van der Waals surface area contributed by atoms with Crippen LogP contribution in [-0.2, 0) is 10.8 Å². The van der Waals surface area contributed by atoms with Crippen molar-refractivity contribution in [3.8, 4) is 0 Å². The standard InChI is InChI=1S/C38H32N2/c1-37(2)28-14-7-10-19-34(28)40-35-23-22-27(24-31(35)38(3,4)30-16-11-15-29(37)36(30)40)39-32-17-8-5-12-25(32)20-21-26-13-6-9-18-33(26)39/h5-24H,1-4H3. The van der Waals surface area contributed by atoms with Crippen LogP contribution in [0.25, 0.3) is 12.2 Å². The summed E-state index contributed by atoms with van der Waals surface area (Å²) in [6.07, 6.45) is 4.47. The summed E-state index contributed by atoms with van der Waals surface area (Å²) >= 11 is 0. The van der Waals surface area contributed by atoms with E-state index in [2.05, 4.69) is 159 Å². The van der Waals surface area contributed by atoms with E-state index in [0.29, 0.717) is 0 Å². The van der Waals surface area contributed by atoms with Crippen molar-refractivity contribution in [1.29, 1.82) is 0 Å². The zero-order valence-electron chi connectivity index (χ0n) is 23.4. The maximum atomic E-state index is 2.53. The van der Waals surface area contributed by atoms with Gasteiger partial charge in [-0.2, -0.15) is 0 Å². The summed E-state index contributed by atoms with van der Waals surface area (Å²) in [6.45, 7) is 9.52. The molecule has 8 rings (SSSR count). The van der Waals surface area contributed by atoms with E-state index in [-0.39, 0.29) is 10.8 Å². The first-order valence-corrected chi connectivity index (χ1v) is 14.2.